The molecule has 1 saturated heterocycles. The van der Waals surface area contributed by atoms with Crippen LogP contribution in [-0.2, 0) is 9.47 Å². The third kappa shape index (κ3) is 5.65. The molecule has 0 aliphatic carbocycles. The van der Waals surface area contributed by atoms with Crippen molar-refractivity contribution in [3.05, 3.63) is 0 Å². The summed E-state index contributed by atoms with van der Waals surface area (Å²) in [6, 6.07) is 0. The van der Waals surface area contributed by atoms with Gasteiger partial charge in [-0.1, -0.05) is 0 Å². The third-order valence-corrected chi connectivity index (χ3v) is 2.48. The monoisotopic (exact) mass is 260 g/mol. The van der Waals surface area contributed by atoms with Gasteiger partial charge in [-0.3, -0.25) is 0 Å². The predicted octanol–water partition coefficient (Wildman–Crippen LogP) is 1.83. The molecule has 0 spiro atoms. The molecule has 1 heterocycles. The average Bonchev–Trinajstić information content (AvgIpc) is 3.06. The Morgan fingerprint density at radius 3 is 2.53 bits per heavy atom. The van der Waals surface area contributed by atoms with Crippen molar-refractivity contribution in [1.29, 1.82) is 0 Å². The van der Waals surface area contributed by atoms with Crippen LogP contribution in [0.1, 0.15) is 19.3 Å². The van der Waals surface area contributed by atoms with Crippen molar-refractivity contribution in [2.24, 2.45) is 0 Å². The summed E-state index contributed by atoms with van der Waals surface area (Å²) in [6.45, 7) is 0.588. The van der Waals surface area contributed by atoms with Crippen molar-refractivity contribution in [2.75, 3.05) is 19.8 Å². The molecule has 102 valence electrons. The van der Waals surface area contributed by atoms with Crippen LogP contribution in [0.5, 0.6) is 0 Å². The molecule has 0 radical (unpaired) electrons. The summed E-state index contributed by atoms with van der Waals surface area (Å²) in [5.74, 6) is -3.96. The van der Waals surface area contributed by atoms with Gasteiger partial charge in [0.15, 0.2) is 0 Å². The summed E-state index contributed by atoms with van der Waals surface area (Å²) in [4.78, 5) is 0. The molecular weight excluding hydrogens is 244 g/mol. The molecule has 1 N–H and O–H groups in total. The molecule has 0 bridgehead atoms. The Kier molecular flexibility index (Phi) is 5.61. The molecule has 1 aliphatic rings. The van der Waals surface area contributed by atoms with Crippen LogP contribution in [0.4, 0.5) is 17.6 Å². The van der Waals surface area contributed by atoms with Crippen molar-refractivity contribution in [3.63, 3.8) is 0 Å². The molecule has 0 aromatic heterocycles. The van der Waals surface area contributed by atoms with Gasteiger partial charge in [0, 0.05) is 6.42 Å². The molecule has 1 rings (SSSR count). The van der Waals surface area contributed by atoms with Crippen LogP contribution in [0.2, 0.25) is 0 Å². The second-order valence-electron chi connectivity index (χ2n) is 4.05. The zero-order valence-corrected chi connectivity index (χ0v) is 9.25. The number of hydrogen-bond acceptors (Lipinski definition) is 3. The van der Waals surface area contributed by atoms with Gasteiger partial charge in [0.25, 0.3) is 0 Å². The highest BCUT2D eigenvalue weighted by molar-refractivity contribution is 4.72. The highest BCUT2D eigenvalue weighted by Crippen LogP contribution is 2.29. The molecule has 7 heteroatoms. The Balaban J connectivity index is 2.13. The lowest BCUT2D eigenvalue weighted by Gasteiger charge is -2.18. The number of epoxide rings is 1. The normalized spacial score (nSPS) is 21.9. The summed E-state index contributed by atoms with van der Waals surface area (Å²) in [5, 5.41) is 8.90. The van der Waals surface area contributed by atoms with Crippen molar-refractivity contribution < 1.29 is 32.1 Å². The van der Waals surface area contributed by atoms with E-state index in [1.54, 1.807) is 0 Å². The molecule has 0 saturated carbocycles. The Hall–Kier alpha value is -0.400. The topological polar surface area (TPSA) is 42.0 Å². The minimum atomic E-state index is -3.96. The minimum absolute atomic E-state index is 0.0200. The van der Waals surface area contributed by atoms with Crippen LogP contribution >= 0.6 is 0 Å². The number of aliphatic hydroxyl groups excluding tert-OH is 1. The van der Waals surface area contributed by atoms with E-state index < -0.39 is 24.9 Å². The number of alkyl halides is 4. The van der Waals surface area contributed by atoms with Gasteiger partial charge in [0.2, 0.25) is 0 Å². The number of rotatable bonds is 9. The second-order valence-corrected chi connectivity index (χ2v) is 4.05. The predicted molar refractivity (Wildman–Crippen MR) is 51.4 cm³/mol. The highest BCUT2D eigenvalue weighted by Gasteiger charge is 2.39. The van der Waals surface area contributed by atoms with Crippen LogP contribution in [0, 0.1) is 0 Å². The molecule has 1 aliphatic heterocycles. The molecule has 17 heavy (non-hydrogen) atoms. The second kappa shape index (κ2) is 6.51. The zero-order chi connectivity index (χ0) is 12.9. The van der Waals surface area contributed by atoms with Gasteiger partial charge in [-0.2, -0.15) is 0 Å². The van der Waals surface area contributed by atoms with Crippen molar-refractivity contribution in [3.8, 4) is 0 Å². The van der Waals surface area contributed by atoms with Crippen LogP contribution < -0.4 is 0 Å². The molecule has 3 nitrogen and oxygen atoms in total. The van der Waals surface area contributed by atoms with E-state index in [1.165, 1.54) is 0 Å². The molecule has 1 fully saturated rings. The first-order valence-corrected chi connectivity index (χ1v) is 5.45. The van der Waals surface area contributed by atoms with E-state index >= 15 is 0 Å². The van der Waals surface area contributed by atoms with Crippen molar-refractivity contribution >= 4 is 0 Å². The first-order chi connectivity index (χ1) is 7.95. The van der Waals surface area contributed by atoms with Crippen LogP contribution in [-0.4, -0.2) is 49.5 Å². The summed E-state index contributed by atoms with van der Waals surface area (Å²) in [5.41, 5.74) is 0. The van der Waals surface area contributed by atoms with E-state index in [0.717, 1.165) is 0 Å². The fourth-order valence-corrected chi connectivity index (χ4v) is 1.31. The number of halogens is 4. The fourth-order valence-electron chi connectivity index (χ4n) is 1.31. The van der Waals surface area contributed by atoms with E-state index in [4.69, 9.17) is 14.6 Å². The van der Waals surface area contributed by atoms with Crippen molar-refractivity contribution in [2.45, 2.75) is 43.8 Å². The minimum Gasteiger partial charge on any atom is -0.394 e. The molecule has 2 unspecified atom stereocenters. The lowest BCUT2D eigenvalue weighted by Crippen LogP contribution is -2.27. The largest absolute Gasteiger partial charge is 0.394 e. The maximum atomic E-state index is 12.6. The highest BCUT2D eigenvalue weighted by atomic mass is 19.3. The van der Waals surface area contributed by atoms with E-state index in [-0.39, 0.29) is 25.6 Å². The van der Waals surface area contributed by atoms with E-state index in [9.17, 15) is 17.6 Å². The Bertz CT molecular complexity index is 222. The summed E-state index contributed by atoms with van der Waals surface area (Å²) in [7, 11) is 0. The first kappa shape index (κ1) is 14.7. The van der Waals surface area contributed by atoms with Gasteiger partial charge >= 0.3 is 12.3 Å². The summed E-state index contributed by atoms with van der Waals surface area (Å²) in [6.07, 6.45) is -5.10. The Labute approximate surface area is 96.7 Å². The maximum Gasteiger partial charge on any atom is 0.307 e. The SMILES string of the molecule is OCC(CCCC(F)(F)C(F)F)OCC1CO1. The average molecular weight is 260 g/mol. The van der Waals surface area contributed by atoms with Gasteiger partial charge in [0.1, 0.15) is 6.10 Å². The van der Waals surface area contributed by atoms with Crippen LogP contribution in [0.15, 0.2) is 0 Å². The smallest absolute Gasteiger partial charge is 0.307 e. The van der Waals surface area contributed by atoms with Gasteiger partial charge in [-0.05, 0) is 12.8 Å². The lowest BCUT2D eigenvalue weighted by molar-refractivity contribution is -0.135. The molecular formula is C10H16F4O3. The molecule has 2 atom stereocenters. The third-order valence-electron chi connectivity index (χ3n) is 2.48. The van der Waals surface area contributed by atoms with E-state index in [1.807, 2.05) is 0 Å². The Morgan fingerprint density at radius 1 is 1.41 bits per heavy atom. The lowest BCUT2D eigenvalue weighted by atomic mass is 10.1. The number of aliphatic hydroxyl groups is 1. The molecule has 0 amide bonds. The zero-order valence-electron chi connectivity index (χ0n) is 9.25. The number of ether oxygens (including phenoxy) is 2. The van der Waals surface area contributed by atoms with Gasteiger partial charge in [0.05, 0.1) is 25.9 Å². The van der Waals surface area contributed by atoms with E-state index in [2.05, 4.69) is 0 Å². The number of hydrogen-bond donors (Lipinski definition) is 1. The van der Waals surface area contributed by atoms with Gasteiger partial charge in [-0.25, -0.2) is 17.6 Å². The van der Waals surface area contributed by atoms with Crippen molar-refractivity contribution in [1.82, 2.24) is 0 Å². The summed E-state index contributed by atoms with van der Waals surface area (Å²) < 4.78 is 58.8. The summed E-state index contributed by atoms with van der Waals surface area (Å²) >= 11 is 0. The fraction of sp³-hybridized carbons (Fsp3) is 1.00. The van der Waals surface area contributed by atoms with Crippen LogP contribution in [0.25, 0.3) is 0 Å². The maximum absolute atomic E-state index is 12.6. The standard InChI is InChI=1S/C10H16F4O3/c11-9(12)10(13,14)3-1-2-7(4-15)16-5-8-6-17-8/h7-9,15H,1-6H2. The molecule has 0 aromatic rings. The van der Waals surface area contributed by atoms with Gasteiger partial charge in [-0.15, -0.1) is 0 Å². The van der Waals surface area contributed by atoms with Crippen LogP contribution in [0.3, 0.4) is 0 Å². The van der Waals surface area contributed by atoms with Gasteiger partial charge < -0.3 is 14.6 Å². The molecule has 0 aromatic carbocycles. The Morgan fingerprint density at radius 2 is 2.06 bits per heavy atom. The first-order valence-electron chi connectivity index (χ1n) is 5.45. The quantitative estimate of drug-likeness (QED) is 0.508. The van der Waals surface area contributed by atoms with E-state index in [0.29, 0.717) is 13.2 Å².